The van der Waals surface area contributed by atoms with E-state index < -0.39 is 29.1 Å². The fourth-order valence-electron chi connectivity index (χ4n) is 6.30. The number of ether oxygens (including phenoxy) is 1. The second kappa shape index (κ2) is 8.09. The topological polar surface area (TPSA) is 115 Å². The third-order valence-corrected chi connectivity index (χ3v) is 8.24. The van der Waals surface area contributed by atoms with Crippen LogP contribution in [0.25, 0.3) is 21.8 Å². The number of rotatable bonds is 3. The Morgan fingerprint density at radius 3 is 2.41 bits per heavy atom. The van der Waals surface area contributed by atoms with E-state index in [2.05, 4.69) is 19.2 Å². The number of para-hydroxylation sites is 2. The maximum atomic E-state index is 14.4. The van der Waals surface area contributed by atoms with Crippen molar-refractivity contribution in [2.45, 2.75) is 43.6 Å². The van der Waals surface area contributed by atoms with Crippen molar-refractivity contribution in [3.8, 4) is 5.75 Å². The minimum Gasteiger partial charge on any atom is -0.454 e. The number of amides is 1. The highest BCUT2D eigenvalue weighted by Gasteiger charge is 2.72. The Balaban J connectivity index is 1.47. The highest BCUT2D eigenvalue weighted by molar-refractivity contribution is 6.19. The van der Waals surface area contributed by atoms with Crippen LogP contribution in [0.4, 0.5) is 0 Å². The molecule has 3 unspecified atom stereocenters. The van der Waals surface area contributed by atoms with Crippen molar-refractivity contribution < 1.29 is 19.4 Å². The summed E-state index contributed by atoms with van der Waals surface area (Å²) in [5, 5.41) is 16.6. The lowest BCUT2D eigenvalue weighted by Crippen LogP contribution is -2.63. The second-order valence-electron chi connectivity index (χ2n) is 10.8. The molecule has 4 N–H and O–H groups in total. The Hall–Kier alpha value is -4.33. The van der Waals surface area contributed by atoms with Crippen LogP contribution < -0.4 is 15.8 Å². The predicted molar refractivity (Wildman–Crippen MR) is 148 cm³/mol. The zero-order valence-corrected chi connectivity index (χ0v) is 21.6. The molecule has 1 aliphatic heterocycles. The molecule has 3 atom stereocenters. The predicted octanol–water partition coefficient (Wildman–Crippen LogP) is 4.38. The molecule has 0 radical (unpaired) electrons. The smallest absolute Gasteiger partial charge is 0.270 e. The van der Waals surface area contributed by atoms with Crippen LogP contribution >= 0.6 is 0 Å². The summed E-state index contributed by atoms with van der Waals surface area (Å²) in [6, 6.07) is 19.7. The average molecular weight is 518 g/mol. The first-order valence-electron chi connectivity index (χ1n) is 13.1. The van der Waals surface area contributed by atoms with Crippen molar-refractivity contribution in [2.24, 2.45) is 5.73 Å². The number of benzene rings is 3. The molecular weight excluding hydrogens is 490 g/mol. The number of nitrogens with two attached hydrogens (primary N) is 1. The number of hydrogen-bond donors (Lipinski definition) is 3. The van der Waals surface area contributed by atoms with Gasteiger partial charge in [-0.1, -0.05) is 74.5 Å². The van der Waals surface area contributed by atoms with Gasteiger partial charge in [0.15, 0.2) is 5.78 Å². The average Bonchev–Trinajstić information content (AvgIpc) is 3.28. The molecule has 4 aromatic rings. The van der Waals surface area contributed by atoms with Crippen LogP contribution in [0.5, 0.6) is 5.75 Å². The second-order valence-corrected chi connectivity index (χ2v) is 10.8. The molecule has 3 aliphatic rings. The SMILES string of the molecule is CC(C)c1ccc2c(c1)OC1(O)C3=C(C(=O)C21NC(=O)c1c2ccccc2nc2ccccc12)C(N)CC=C3. The summed E-state index contributed by atoms with van der Waals surface area (Å²) in [6.45, 7) is 4.11. The summed E-state index contributed by atoms with van der Waals surface area (Å²) in [4.78, 5) is 33.5. The first-order chi connectivity index (χ1) is 18.8. The molecule has 1 amide bonds. The maximum absolute atomic E-state index is 14.4. The summed E-state index contributed by atoms with van der Waals surface area (Å²) >= 11 is 0. The van der Waals surface area contributed by atoms with E-state index >= 15 is 0 Å². The monoisotopic (exact) mass is 517 g/mol. The zero-order chi connectivity index (χ0) is 27.1. The largest absolute Gasteiger partial charge is 0.454 e. The Morgan fingerprint density at radius 1 is 1.08 bits per heavy atom. The van der Waals surface area contributed by atoms with Crippen molar-refractivity contribution in [1.29, 1.82) is 0 Å². The van der Waals surface area contributed by atoms with Crippen LogP contribution in [0.1, 0.15) is 47.7 Å². The van der Waals surface area contributed by atoms with Crippen LogP contribution in [0.15, 0.2) is 90.0 Å². The Labute approximate surface area is 225 Å². The number of hydrogen-bond acceptors (Lipinski definition) is 6. The van der Waals surface area contributed by atoms with Gasteiger partial charge >= 0.3 is 0 Å². The van der Waals surface area contributed by atoms with Crippen LogP contribution in [-0.4, -0.2) is 33.6 Å². The molecule has 0 bridgehead atoms. The molecular formula is C32H27N3O4. The molecule has 2 aliphatic carbocycles. The summed E-state index contributed by atoms with van der Waals surface area (Å²) < 4.78 is 6.26. The number of fused-ring (bicyclic) bond motifs is 6. The van der Waals surface area contributed by atoms with Gasteiger partial charge in [-0.3, -0.25) is 9.59 Å². The van der Waals surface area contributed by atoms with Gasteiger partial charge in [0.1, 0.15) is 5.75 Å². The number of carbonyl (C=O) groups is 2. The molecule has 7 rings (SSSR count). The van der Waals surface area contributed by atoms with Crippen LogP contribution in [0, 0.1) is 0 Å². The highest BCUT2D eigenvalue weighted by atomic mass is 16.6. The number of nitrogens with one attached hydrogen (secondary N) is 1. The molecule has 0 spiro atoms. The number of aliphatic hydroxyl groups is 1. The maximum Gasteiger partial charge on any atom is 0.270 e. The van der Waals surface area contributed by atoms with Crippen molar-refractivity contribution in [3.63, 3.8) is 0 Å². The summed E-state index contributed by atoms with van der Waals surface area (Å²) in [5.41, 5.74) is 8.13. The number of pyridine rings is 1. The molecule has 39 heavy (non-hydrogen) atoms. The number of nitrogens with zero attached hydrogens (tertiary/aromatic N) is 1. The molecule has 7 nitrogen and oxygen atoms in total. The van der Waals surface area contributed by atoms with Crippen LogP contribution in [0.2, 0.25) is 0 Å². The van der Waals surface area contributed by atoms with Gasteiger partial charge in [-0.2, -0.15) is 0 Å². The van der Waals surface area contributed by atoms with Gasteiger partial charge in [0, 0.05) is 33.5 Å². The third kappa shape index (κ3) is 3.02. The third-order valence-electron chi connectivity index (χ3n) is 8.24. The zero-order valence-electron chi connectivity index (χ0n) is 21.6. The Morgan fingerprint density at radius 2 is 1.74 bits per heavy atom. The summed E-state index contributed by atoms with van der Waals surface area (Å²) in [7, 11) is 0. The number of Topliss-reactive ketones (excluding diaryl/α,β-unsaturated/α-hetero) is 1. The summed E-state index contributed by atoms with van der Waals surface area (Å²) in [5.74, 6) is -2.56. The fraction of sp³-hybridized carbons (Fsp3) is 0.219. The summed E-state index contributed by atoms with van der Waals surface area (Å²) in [6.07, 6.45) is 3.96. The van der Waals surface area contributed by atoms with Crippen molar-refractivity contribution >= 4 is 33.5 Å². The first-order valence-corrected chi connectivity index (χ1v) is 13.1. The Bertz CT molecular complexity index is 1750. The van der Waals surface area contributed by atoms with E-state index in [0.717, 1.165) is 5.56 Å². The fourth-order valence-corrected chi connectivity index (χ4v) is 6.30. The van der Waals surface area contributed by atoms with Gasteiger partial charge < -0.3 is 20.9 Å². The van der Waals surface area contributed by atoms with E-state index in [1.165, 1.54) is 0 Å². The molecule has 3 aromatic carbocycles. The van der Waals surface area contributed by atoms with E-state index in [9.17, 15) is 14.7 Å². The molecule has 0 saturated carbocycles. The lowest BCUT2D eigenvalue weighted by atomic mass is 9.80. The van der Waals surface area contributed by atoms with E-state index in [-0.39, 0.29) is 11.5 Å². The minimum atomic E-state index is -2.15. The number of carbonyl (C=O) groups excluding carboxylic acids is 2. The van der Waals surface area contributed by atoms with Crippen LogP contribution in [-0.2, 0) is 10.3 Å². The first kappa shape index (κ1) is 23.8. The lowest BCUT2D eigenvalue weighted by Gasteiger charge is -2.35. The van der Waals surface area contributed by atoms with Crippen LogP contribution in [0.3, 0.4) is 0 Å². The van der Waals surface area contributed by atoms with Gasteiger partial charge in [-0.05, 0) is 36.1 Å². The molecule has 0 fully saturated rings. The molecule has 2 heterocycles. The Kier molecular flexibility index (Phi) is 4.93. The molecule has 1 aromatic heterocycles. The number of ketones is 1. The molecule has 0 saturated heterocycles. The minimum absolute atomic E-state index is 0.197. The van der Waals surface area contributed by atoms with Gasteiger partial charge in [-0.15, -0.1) is 0 Å². The van der Waals surface area contributed by atoms with Gasteiger partial charge in [0.05, 0.1) is 16.6 Å². The quantitative estimate of drug-likeness (QED) is 0.348. The standard InChI is InChI=1S/C32H27N3O4/c1-17(2)18-14-15-21-26(16-18)39-32(38)22-10-7-11-23(33)28(22)29(36)31(21,32)35-30(37)27-19-8-3-5-12-24(19)34-25-13-6-4-9-20(25)27/h3-10,12-17,23,38H,11,33H2,1-2H3,(H,35,37). The lowest BCUT2D eigenvalue weighted by molar-refractivity contribution is -0.154. The van der Waals surface area contributed by atoms with E-state index in [4.69, 9.17) is 15.5 Å². The molecule has 194 valence electrons. The van der Waals surface area contributed by atoms with Gasteiger partial charge in [0.25, 0.3) is 11.7 Å². The van der Waals surface area contributed by atoms with Gasteiger partial charge in [-0.25, -0.2) is 4.98 Å². The van der Waals surface area contributed by atoms with Crippen molar-refractivity contribution in [3.05, 3.63) is 107 Å². The number of aromatic nitrogens is 1. The highest BCUT2D eigenvalue weighted by Crippen LogP contribution is 2.58. The van der Waals surface area contributed by atoms with E-state index in [1.54, 1.807) is 12.1 Å². The van der Waals surface area contributed by atoms with Gasteiger partial charge in [0.2, 0.25) is 5.54 Å². The van der Waals surface area contributed by atoms with Crippen molar-refractivity contribution in [2.75, 3.05) is 0 Å². The van der Waals surface area contributed by atoms with Crippen molar-refractivity contribution in [1.82, 2.24) is 10.3 Å². The normalized spacial score (nSPS) is 25.2. The van der Waals surface area contributed by atoms with E-state index in [1.807, 2.05) is 66.7 Å². The molecule has 7 heteroatoms. The van der Waals surface area contributed by atoms with E-state index in [0.29, 0.717) is 50.7 Å².